The Morgan fingerprint density at radius 1 is 1.07 bits per heavy atom. The van der Waals surface area contributed by atoms with Gasteiger partial charge in [-0.15, -0.1) is 0 Å². The largest absolute Gasteiger partial charge is 0.392 e. The maximum absolute atomic E-state index is 10.0. The zero-order chi connectivity index (χ0) is 11.7. The standard InChI is InChI=1S/C12H25NO2/c1-11(2,12(3,4)15)13-9-7-5-6-8-10(9)14/h9-10,13-15H,5-8H2,1-4H3. The van der Waals surface area contributed by atoms with Crippen molar-refractivity contribution in [2.24, 2.45) is 0 Å². The summed E-state index contributed by atoms with van der Waals surface area (Å²) in [5, 5.41) is 23.3. The Bertz CT molecular complexity index is 208. The van der Waals surface area contributed by atoms with Crippen LogP contribution in [-0.4, -0.2) is 33.5 Å². The van der Waals surface area contributed by atoms with Gasteiger partial charge in [-0.2, -0.15) is 0 Å². The van der Waals surface area contributed by atoms with Gasteiger partial charge in [-0.05, 0) is 40.5 Å². The van der Waals surface area contributed by atoms with Crippen LogP contribution in [0.25, 0.3) is 0 Å². The molecule has 1 saturated carbocycles. The molecular formula is C12H25NO2. The van der Waals surface area contributed by atoms with Gasteiger partial charge < -0.3 is 15.5 Å². The summed E-state index contributed by atoms with van der Waals surface area (Å²) >= 11 is 0. The van der Waals surface area contributed by atoms with E-state index in [1.54, 1.807) is 13.8 Å². The van der Waals surface area contributed by atoms with Crippen molar-refractivity contribution in [1.82, 2.24) is 5.32 Å². The van der Waals surface area contributed by atoms with Crippen molar-refractivity contribution in [3.05, 3.63) is 0 Å². The molecule has 0 spiro atoms. The highest BCUT2D eigenvalue weighted by molar-refractivity contribution is 4.97. The van der Waals surface area contributed by atoms with Crippen molar-refractivity contribution in [3.63, 3.8) is 0 Å². The summed E-state index contributed by atoms with van der Waals surface area (Å²) in [5.74, 6) is 0. The first-order chi connectivity index (χ1) is 6.74. The third-order valence-electron chi connectivity index (χ3n) is 3.81. The molecule has 0 aromatic carbocycles. The molecule has 3 nitrogen and oxygen atoms in total. The van der Waals surface area contributed by atoms with Crippen molar-refractivity contribution in [1.29, 1.82) is 0 Å². The Labute approximate surface area is 92.9 Å². The molecule has 3 N–H and O–H groups in total. The second kappa shape index (κ2) is 4.40. The molecule has 1 rings (SSSR count). The molecule has 90 valence electrons. The second-order valence-corrected chi connectivity index (χ2v) is 5.79. The molecule has 0 radical (unpaired) electrons. The normalized spacial score (nSPS) is 29.2. The highest BCUT2D eigenvalue weighted by Gasteiger charge is 2.38. The Morgan fingerprint density at radius 3 is 2.07 bits per heavy atom. The lowest BCUT2D eigenvalue weighted by molar-refractivity contribution is -0.0260. The maximum atomic E-state index is 10.0. The summed E-state index contributed by atoms with van der Waals surface area (Å²) in [4.78, 5) is 0. The van der Waals surface area contributed by atoms with Gasteiger partial charge in [-0.3, -0.25) is 0 Å². The summed E-state index contributed by atoms with van der Waals surface area (Å²) in [6.07, 6.45) is 3.89. The lowest BCUT2D eigenvalue weighted by Gasteiger charge is -2.43. The van der Waals surface area contributed by atoms with Crippen molar-refractivity contribution in [2.75, 3.05) is 0 Å². The molecule has 0 saturated heterocycles. The number of hydrogen-bond acceptors (Lipinski definition) is 3. The van der Waals surface area contributed by atoms with Crippen LogP contribution in [0.3, 0.4) is 0 Å². The fourth-order valence-corrected chi connectivity index (χ4v) is 1.92. The van der Waals surface area contributed by atoms with Crippen LogP contribution in [0.2, 0.25) is 0 Å². The number of nitrogens with one attached hydrogen (secondary N) is 1. The van der Waals surface area contributed by atoms with Crippen LogP contribution in [0.1, 0.15) is 53.4 Å². The Morgan fingerprint density at radius 2 is 1.60 bits per heavy atom. The third kappa shape index (κ3) is 3.16. The lowest BCUT2D eigenvalue weighted by Crippen LogP contribution is -2.61. The van der Waals surface area contributed by atoms with E-state index in [4.69, 9.17) is 0 Å². The van der Waals surface area contributed by atoms with Gasteiger partial charge in [0.2, 0.25) is 0 Å². The van der Waals surface area contributed by atoms with Crippen LogP contribution in [0.5, 0.6) is 0 Å². The molecule has 0 heterocycles. The smallest absolute Gasteiger partial charge is 0.0767 e. The summed E-state index contributed by atoms with van der Waals surface area (Å²) in [6.45, 7) is 7.56. The van der Waals surface area contributed by atoms with Gasteiger partial charge in [-0.1, -0.05) is 12.8 Å². The average Bonchev–Trinajstić information content (AvgIpc) is 2.06. The molecule has 0 aliphatic heterocycles. The Hall–Kier alpha value is -0.120. The fraction of sp³-hybridized carbons (Fsp3) is 1.00. The third-order valence-corrected chi connectivity index (χ3v) is 3.81. The van der Waals surface area contributed by atoms with E-state index in [1.807, 2.05) is 13.8 Å². The first-order valence-electron chi connectivity index (χ1n) is 5.92. The van der Waals surface area contributed by atoms with E-state index in [2.05, 4.69) is 5.32 Å². The summed E-state index contributed by atoms with van der Waals surface area (Å²) in [6, 6.07) is 0.125. The van der Waals surface area contributed by atoms with Crippen LogP contribution in [0.4, 0.5) is 0 Å². The lowest BCUT2D eigenvalue weighted by atomic mass is 9.83. The molecule has 0 aromatic heterocycles. The molecule has 0 amide bonds. The van der Waals surface area contributed by atoms with Crippen molar-refractivity contribution in [3.8, 4) is 0 Å². The first kappa shape index (κ1) is 12.9. The molecular weight excluding hydrogens is 190 g/mol. The minimum Gasteiger partial charge on any atom is -0.392 e. The van der Waals surface area contributed by atoms with Crippen molar-refractivity contribution >= 4 is 0 Å². The van der Waals surface area contributed by atoms with Crippen LogP contribution >= 0.6 is 0 Å². The fourth-order valence-electron chi connectivity index (χ4n) is 1.92. The number of rotatable bonds is 3. The SMILES string of the molecule is CC(C)(O)C(C)(C)NC1CCCCC1O. The second-order valence-electron chi connectivity index (χ2n) is 5.79. The molecule has 2 unspecified atom stereocenters. The zero-order valence-corrected chi connectivity index (χ0v) is 10.4. The Balaban J connectivity index is 2.59. The van der Waals surface area contributed by atoms with E-state index in [0.29, 0.717) is 0 Å². The quantitative estimate of drug-likeness (QED) is 0.667. The molecule has 0 aromatic rings. The number of aliphatic hydroxyl groups is 2. The summed E-state index contributed by atoms with van der Waals surface area (Å²) < 4.78 is 0. The van der Waals surface area contributed by atoms with Gasteiger partial charge in [0.25, 0.3) is 0 Å². The minimum atomic E-state index is -0.788. The Kier molecular flexibility index (Phi) is 3.80. The average molecular weight is 215 g/mol. The minimum absolute atomic E-state index is 0.125. The van der Waals surface area contributed by atoms with Gasteiger partial charge >= 0.3 is 0 Å². The van der Waals surface area contributed by atoms with Crippen molar-refractivity contribution in [2.45, 2.75) is 76.7 Å². The van der Waals surface area contributed by atoms with E-state index in [1.165, 1.54) is 0 Å². The molecule has 3 heteroatoms. The monoisotopic (exact) mass is 215 g/mol. The molecule has 1 fully saturated rings. The highest BCUT2D eigenvalue weighted by Crippen LogP contribution is 2.25. The predicted octanol–water partition coefficient (Wildman–Crippen LogP) is 1.43. The van der Waals surface area contributed by atoms with E-state index < -0.39 is 5.60 Å². The van der Waals surface area contributed by atoms with Crippen LogP contribution in [0.15, 0.2) is 0 Å². The first-order valence-corrected chi connectivity index (χ1v) is 5.92. The molecule has 0 bridgehead atoms. The van der Waals surface area contributed by atoms with Crippen LogP contribution in [-0.2, 0) is 0 Å². The van der Waals surface area contributed by atoms with Crippen molar-refractivity contribution < 1.29 is 10.2 Å². The van der Waals surface area contributed by atoms with E-state index in [0.717, 1.165) is 25.7 Å². The van der Waals surface area contributed by atoms with Gasteiger partial charge in [0.15, 0.2) is 0 Å². The topological polar surface area (TPSA) is 52.5 Å². The molecule has 1 aliphatic rings. The zero-order valence-electron chi connectivity index (χ0n) is 10.4. The van der Waals surface area contributed by atoms with Gasteiger partial charge in [0.1, 0.15) is 0 Å². The summed E-state index contributed by atoms with van der Waals surface area (Å²) in [7, 11) is 0. The van der Waals surface area contributed by atoms with Gasteiger partial charge in [0, 0.05) is 11.6 Å². The van der Waals surface area contributed by atoms with Crippen LogP contribution in [0, 0.1) is 0 Å². The molecule has 15 heavy (non-hydrogen) atoms. The van der Waals surface area contributed by atoms with Crippen LogP contribution < -0.4 is 5.32 Å². The number of hydrogen-bond donors (Lipinski definition) is 3. The highest BCUT2D eigenvalue weighted by atomic mass is 16.3. The maximum Gasteiger partial charge on any atom is 0.0767 e. The molecule has 1 aliphatic carbocycles. The molecule has 2 atom stereocenters. The summed E-state index contributed by atoms with van der Waals surface area (Å²) in [5.41, 5.74) is -1.17. The predicted molar refractivity (Wildman–Crippen MR) is 61.8 cm³/mol. The van der Waals surface area contributed by atoms with E-state index in [-0.39, 0.29) is 17.7 Å². The van der Waals surface area contributed by atoms with Gasteiger partial charge in [0.05, 0.1) is 11.7 Å². The van der Waals surface area contributed by atoms with Gasteiger partial charge in [-0.25, -0.2) is 0 Å². The van der Waals surface area contributed by atoms with E-state index >= 15 is 0 Å². The van der Waals surface area contributed by atoms with E-state index in [9.17, 15) is 10.2 Å². The number of aliphatic hydroxyl groups excluding tert-OH is 1.